The summed E-state index contributed by atoms with van der Waals surface area (Å²) in [6.07, 6.45) is 0.913. The molecule has 1 aliphatic carbocycles. The molecule has 3 heterocycles. The van der Waals surface area contributed by atoms with Crippen LogP contribution in [0.4, 0.5) is 0 Å². The number of fused-ring (bicyclic) bond motifs is 13. The molecule has 0 N–H and O–H groups in total. The SMILES string of the molecule is c1ccc(-n2c3ccccc3c3ccc4c(c5ccccc5n4-c4cccc5c4-c4cccc(-c6cccc7sc8ccccc8c67)c4C5)c32)cc1. The second kappa shape index (κ2) is 10.6. The number of hydrogen-bond acceptors (Lipinski definition) is 1. The molecule has 52 heavy (non-hydrogen) atoms. The zero-order valence-electron chi connectivity index (χ0n) is 28.2. The number of aromatic nitrogens is 2. The highest BCUT2D eigenvalue weighted by molar-refractivity contribution is 7.25. The van der Waals surface area contributed by atoms with Crippen LogP contribution in [0.3, 0.4) is 0 Å². The van der Waals surface area contributed by atoms with Gasteiger partial charge in [-0.3, -0.25) is 0 Å². The van der Waals surface area contributed by atoms with Gasteiger partial charge in [-0.05, 0) is 82.8 Å². The van der Waals surface area contributed by atoms with Gasteiger partial charge in [-0.15, -0.1) is 11.3 Å². The topological polar surface area (TPSA) is 9.86 Å². The van der Waals surface area contributed by atoms with Crippen molar-refractivity contribution in [2.45, 2.75) is 6.42 Å². The molecule has 0 bridgehead atoms. The van der Waals surface area contributed by atoms with E-state index in [1.807, 2.05) is 11.3 Å². The van der Waals surface area contributed by atoms with Gasteiger partial charge in [0.15, 0.2) is 0 Å². The molecular formula is C49H30N2S. The molecule has 0 saturated heterocycles. The average molecular weight is 679 g/mol. The normalized spacial score (nSPS) is 12.5. The number of nitrogens with zero attached hydrogens (tertiary/aromatic N) is 2. The Morgan fingerprint density at radius 2 is 1.08 bits per heavy atom. The van der Waals surface area contributed by atoms with Gasteiger partial charge in [-0.2, -0.15) is 0 Å². The molecule has 8 aromatic carbocycles. The summed E-state index contributed by atoms with van der Waals surface area (Å²) in [5, 5.41) is 7.82. The molecule has 3 heteroatoms. The van der Waals surface area contributed by atoms with Crippen molar-refractivity contribution in [3.63, 3.8) is 0 Å². The van der Waals surface area contributed by atoms with Gasteiger partial charge >= 0.3 is 0 Å². The van der Waals surface area contributed by atoms with Crippen molar-refractivity contribution in [1.82, 2.24) is 9.13 Å². The Morgan fingerprint density at radius 3 is 1.96 bits per heavy atom. The van der Waals surface area contributed by atoms with Gasteiger partial charge in [0.05, 0.1) is 27.8 Å². The third-order valence-electron chi connectivity index (χ3n) is 11.4. The van der Waals surface area contributed by atoms with Crippen LogP contribution in [0.25, 0.3) is 97.4 Å². The van der Waals surface area contributed by atoms with Crippen LogP contribution in [0.15, 0.2) is 170 Å². The highest BCUT2D eigenvalue weighted by Gasteiger charge is 2.28. The Hall–Kier alpha value is -6.42. The van der Waals surface area contributed by atoms with Crippen molar-refractivity contribution in [2.24, 2.45) is 0 Å². The first-order valence-electron chi connectivity index (χ1n) is 18.0. The number of hydrogen-bond donors (Lipinski definition) is 0. The Bertz CT molecular complexity index is 3260. The summed E-state index contributed by atoms with van der Waals surface area (Å²) >= 11 is 1.89. The van der Waals surface area contributed by atoms with E-state index >= 15 is 0 Å². The molecule has 2 nitrogen and oxygen atoms in total. The molecule has 11 aromatic rings. The molecule has 12 rings (SSSR count). The van der Waals surface area contributed by atoms with Gasteiger partial charge in [0.2, 0.25) is 0 Å². The van der Waals surface area contributed by atoms with Crippen molar-refractivity contribution < 1.29 is 0 Å². The lowest BCUT2D eigenvalue weighted by Crippen LogP contribution is -1.98. The molecular weight excluding hydrogens is 649 g/mol. The predicted molar refractivity (Wildman–Crippen MR) is 222 cm³/mol. The maximum atomic E-state index is 2.53. The number of thiophene rings is 1. The molecule has 3 aromatic heterocycles. The van der Waals surface area contributed by atoms with E-state index in [4.69, 9.17) is 0 Å². The number of para-hydroxylation sites is 3. The number of benzene rings is 8. The van der Waals surface area contributed by atoms with Gasteiger partial charge in [0.1, 0.15) is 0 Å². The second-order valence-corrected chi connectivity index (χ2v) is 15.1. The van der Waals surface area contributed by atoms with Gasteiger partial charge in [0.25, 0.3) is 0 Å². The summed E-state index contributed by atoms with van der Waals surface area (Å²) in [6.45, 7) is 0. The fourth-order valence-electron chi connectivity index (χ4n) is 9.30. The van der Waals surface area contributed by atoms with Gasteiger partial charge in [-0.1, -0.05) is 121 Å². The molecule has 1 aliphatic rings. The van der Waals surface area contributed by atoms with Gasteiger partial charge in [0, 0.05) is 53.0 Å². The summed E-state index contributed by atoms with van der Waals surface area (Å²) < 4.78 is 7.69. The van der Waals surface area contributed by atoms with Crippen LogP contribution in [0.5, 0.6) is 0 Å². The maximum Gasteiger partial charge on any atom is 0.0641 e. The largest absolute Gasteiger partial charge is 0.309 e. The van der Waals surface area contributed by atoms with Crippen LogP contribution in [-0.2, 0) is 6.42 Å². The van der Waals surface area contributed by atoms with Crippen LogP contribution in [0, 0.1) is 0 Å². The van der Waals surface area contributed by atoms with E-state index in [1.54, 1.807) is 0 Å². The van der Waals surface area contributed by atoms with Crippen molar-refractivity contribution in [3.8, 4) is 33.6 Å². The minimum atomic E-state index is 0.913. The van der Waals surface area contributed by atoms with E-state index in [2.05, 4.69) is 179 Å². The lowest BCUT2D eigenvalue weighted by Gasteiger charge is -2.15. The van der Waals surface area contributed by atoms with Crippen LogP contribution < -0.4 is 0 Å². The Labute approximate surface area is 304 Å². The van der Waals surface area contributed by atoms with Crippen molar-refractivity contribution in [1.29, 1.82) is 0 Å². The van der Waals surface area contributed by atoms with Crippen LogP contribution in [-0.4, -0.2) is 9.13 Å². The smallest absolute Gasteiger partial charge is 0.0641 e. The minimum Gasteiger partial charge on any atom is -0.309 e. The van der Waals surface area contributed by atoms with E-state index in [0.717, 1.165) is 6.42 Å². The fraction of sp³-hybridized carbons (Fsp3) is 0.0204. The van der Waals surface area contributed by atoms with Gasteiger partial charge in [-0.25, -0.2) is 0 Å². The first-order valence-corrected chi connectivity index (χ1v) is 18.8. The molecule has 0 amide bonds. The summed E-state index contributed by atoms with van der Waals surface area (Å²) in [5.74, 6) is 0. The Morgan fingerprint density at radius 1 is 0.404 bits per heavy atom. The predicted octanol–water partition coefficient (Wildman–Crippen LogP) is 13.5. The van der Waals surface area contributed by atoms with E-state index in [-0.39, 0.29) is 0 Å². The van der Waals surface area contributed by atoms with E-state index in [9.17, 15) is 0 Å². The zero-order valence-corrected chi connectivity index (χ0v) is 29.0. The van der Waals surface area contributed by atoms with E-state index < -0.39 is 0 Å². The zero-order chi connectivity index (χ0) is 33.9. The average Bonchev–Trinajstić information content (AvgIpc) is 3.95. The second-order valence-electron chi connectivity index (χ2n) is 14.0. The lowest BCUT2D eigenvalue weighted by atomic mass is 9.92. The first kappa shape index (κ1) is 28.3. The van der Waals surface area contributed by atoms with E-state index in [0.29, 0.717) is 0 Å². The quantitative estimate of drug-likeness (QED) is 0.176. The standard InChI is InChI=1S/C49H30N2S/c1-2-14-31(15-3-1)50-40-22-7-4-16-33(40)36-27-28-43-48(49(36)50)37-17-5-8-23-41(37)51(43)42-24-10-13-30-29-39-32(19-11-20-35(39)46(30)42)34-21-12-26-45-47(34)38-18-6-9-25-44(38)52-45/h1-28H,29H2. The molecule has 0 aliphatic heterocycles. The molecule has 242 valence electrons. The van der Waals surface area contributed by atoms with Crippen molar-refractivity contribution in [3.05, 3.63) is 181 Å². The fourth-order valence-corrected chi connectivity index (χ4v) is 10.4. The monoisotopic (exact) mass is 678 g/mol. The third kappa shape index (κ3) is 3.73. The minimum absolute atomic E-state index is 0.913. The Kier molecular flexibility index (Phi) is 5.74. The van der Waals surface area contributed by atoms with Crippen LogP contribution in [0.1, 0.15) is 11.1 Å². The highest BCUT2D eigenvalue weighted by Crippen LogP contribution is 2.49. The highest BCUT2D eigenvalue weighted by atomic mass is 32.1. The summed E-state index contributed by atoms with van der Waals surface area (Å²) in [7, 11) is 0. The Balaban J connectivity index is 1.15. The van der Waals surface area contributed by atoms with Crippen molar-refractivity contribution >= 4 is 75.1 Å². The molecule has 0 saturated carbocycles. The summed E-state index contributed by atoms with van der Waals surface area (Å²) in [5.41, 5.74) is 15.5. The maximum absolute atomic E-state index is 2.53. The van der Waals surface area contributed by atoms with Crippen LogP contribution in [0.2, 0.25) is 0 Å². The number of rotatable bonds is 3. The van der Waals surface area contributed by atoms with E-state index in [1.165, 1.54) is 109 Å². The summed E-state index contributed by atoms with van der Waals surface area (Å²) in [4.78, 5) is 0. The third-order valence-corrected chi connectivity index (χ3v) is 12.5. The van der Waals surface area contributed by atoms with Crippen molar-refractivity contribution in [2.75, 3.05) is 0 Å². The first-order chi connectivity index (χ1) is 25.8. The molecule has 0 fully saturated rings. The molecule has 0 unspecified atom stereocenters. The summed E-state index contributed by atoms with van der Waals surface area (Å²) in [6, 6.07) is 62.9. The lowest BCUT2D eigenvalue weighted by molar-refractivity contribution is 1.17. The molecule has 0 radical (unpaired) electrons. The van der Waals surface area contributed by atoms with Gasteiger partial charge < -0.3 is 9.13 Å². The molecule has 0 atom stereocenters. The molecule has 0 spiro atoms. The van der Waals surface area contributed by atoms with Crippen LogP contribution >= 0.6 is 11.3 Å².